The molecule has 3 fully saturated rings. The Morgan fingerprint density at radius 3 is 2.68 bits per heavy atom. The quantitative estimate of drug-likeness (QED) is 0.339. The molecule has 0 bridgehead atoms. The molecule has 8 nitrogen and oxygen atoms in total. The zero-order valence-electron chi connectivity index (χ0n) is 19.7. The van der Waals surface area contributed by atoms with Crippen LogP contribution in [0, 0.1) is 5.92 Å². The molecule has 0 N–H and O–H groups in total. The first-order valence-corrected chi connectivity index (χ1v) is 13.1. The summed E-state index contributed by atoms with van der Waals surface area (Å²) in [5.74, 6) is -0.363. The number of hydrogen-bond acceptors (Lipinski definition) is 8. The third-order valence-electron chi connectivity index (χ3n) is 7.49. The molecule has 3 aliphatic rings. The Morgan fingerprint density at radius 2 is 1.88 bits per heavy atom. The van der Waals surface area contributed by atoms with Crippen LogP contribution in [0.5, 0.6) is 0 Å². The number of rotatable bonds is 7. The van der Waals surface area contributed by atoms with Crippen molar-refractivity contribution in [2.24, 2.45) is 5.92 Å². The minimum atomic E-state index is -1.25. The highest BCUT2D eigenvalue weighted by Crippen LogP contribution is 2.44. The average molecular weight is 485 g/mol. The molecule has 0 unspecified atom stereocenters. The van der Waals surface area contributed by atoms with Crippen LogP contribution in [0.2, 0.25) is 0 Å². The first-order chi connectivity index (χ1) is 16.5. The molecule has 34 heavy (non-hydrogen) atoms. The number of amides is 2. The molecule has 2 aromatic rings. The first kappa shape index (κ1) is 23.2. The SMILES string of the molecule is CC(=O)O[C@]12CCCC[C@H]1C(=O)N(CCCCN1CCN(c3nsc4ccccc34)CC1)C2=O. The van der Waals surface area contributed by atoms with Crippen LogP contribution in [-0.2, 0) is 19.1 Å². The standard InChI is InChI=1S/C25H32N4O4S/c1-18(30)33-25-11-5-4-9-20(25)23(31)29(24(25)32)13-7-6-12-27-14-16-28(17-15-27)22-19-8-2-3-10-21(19)34-26-22/h2-3,8,10,20H,4-7,9,11-17H2,1H3/t20-,25+/m0/s1. The van der Waals surface area contributed by atoms with Crippen LogP contribution in [0.15, 0.2) is 24.3 Å². The summed E-state index contributed by atoms with van der Waals surface area (Å²) in [5.41, 5.74) is -1.25. The van der Waals surface area contributed by atoms with Crippen LogP contribution in [0.3, 0.4) is 0 Å². The lowest BCUT2D eigenvalue weighted by Gasteiger charge is -2.35. The summed E-state index contributed by atoms with van der Waals surface area (Å²) >= 11 is 1.56. The molecule has 5 rings (SSSR count). The fourth-order valence-electron chi connectivity index (χ4n) is 5.76. The smallest absolute Gasteiger partial charge is 0.303 e. The highest BCUT2D eigenvalue weighted by Gasteiger charge is 2.62. The second-order valence-corrected chi connectivity index (χ2v) is 10.4. The molecular weight excluding hydrogens is 452 g/mol. The number of nitrogens with zero attached hydrogens (tertiary/aromatic N) is 4. The Morgan fingerprint density at radius 1 is 1.12 bits per heavy atom. The van der Waals surface area contributed by atoms with E-state index < -0.39 is 17.5 Å². The lowest BCUT2D eigenvalue weighted by Crippen LogP contribution is -2.49. The highest BCUT2D eigenvalue weighted by atomic mass is 32.1. The van der Waals surface area contributed by atoms with E-state index in [0.717, 1.165) is 64.2 Å². The second kappa shape index (κ2) is 9.62. The summed E-state index contributed by atoms with van der Waals surface area (Å²) in [7, 11) is 0. The van der Waals surface area contributed by atoms with Crippen molar-refractivity contribution in [3.05, 3.63) is 24.3 Å². The van der Waals surface area contributed by atoms with Crippen molar-refractivity contribution in [1.29, 1.82) is 0 Å². The number of piperazine rings is 1. The Balaban J connectivity index is 1.10. The molecule has 1 aliphatic carbocycles. The van der Waals surface area contributed by atoms with Crippen LogP contribution in [0.25, 0.3) is 10.1 Å². The van der Waals surface area contributed by atoms with Gasteiger partial charge in [-0.3, -0.25) is 24.2 Å². The molecule has 0 radical (unpaired) electrons. The number of carbonyl (C=O) groups excluding carboxylic acids is 3. The summed E-state index contributed by atoms with van der Waals surface area (Å²) in [6.45, 7) is 6.52. The van der Waals surface area contributed by atoms with Crippen molar-refractivity contribution < 1.29 is 19.1 Å². The van der Waals surface area contributed by atoms with Crippen molar-refractivity contribution in [3.63, 3.8) is 0 Å². The number of fused-ring (bicyclic) bond motifs is 2. The van der Waals surface area contributed by atoms with E-state index in [9.17, 15) is 14.4 Å². The van der Waals surface area contributed by atoms with E-state index in [1.165, 1.54) is 21.9 Å². The summed E-state index contributed by atoms with van der Waals surface area (Å²) in [6.07, 6.45) is 4.45. The van der Waals surface area contributed by atoms with Crippen molar-refractivity contribution in [1.82, 2.24) is 14.2 Å². The maximum absolute atomic E-state index is 13.2. The van der Waals surface area contributed by atoms with Crippen LogP contribution in [-0.4, -0.2) is 76.8 Å². The van der Waals surface area contributed by atoms with E-state index in [0.29, 0.717) is 19.4 Å². The van der Waals surface area contributed by atoms with Crippen LogP contribution >= 0.6 is 11.5 Å². The Hall–Kier alpha value is -2.52. The number of anilines is 1. The van der Waals surface area contributed by atoms with Crippen LogP contribution in [0.4, 0.5) is 5.82 Å². The van der Waals surface area contributed by atoms with Gasteiger partial charge in [-0.1, -0.05) is 18.6 Å². The molecule has 2 saturated heterocycles. The molecule has 9 heteroatoms. The van der Waals surface area contributed by atoms with Crippen LogP contribution < -0.4 is 4.90 Å². The third kappa shape index (κ3) is 4.20. The van der Waals surface area contributed by atoms with Gasteiger partial charge in [-0.2, -0.15) is 4.37 Å². The van der Waals surface area contributed by atoms with Crippen molar-refractivity contribution in [3.8, 4) is 0 Å². The maximum Gasteiger partial charge on any atom is 0.303 e. The Kier molecular flexibility index (Phi) is 6.57. The minimum absolute atomic E-state index is 0.157. The number of carbonyl (C=O) groups is 3. The number of imide groups is 1. The molecule has 2 aliphatic heterocycles. The van der Waals surface area contributed by atoms with Crippen molar-refractivity contribution in [2.45, 2.75) is 51.0 Å². The normalized spacial score (nSPS) is 25.7. The predicted octanol–water partition coefficient (Wildman–Crippen LogP) is 3.06. The Labute approximate surface area is 204 Å². The van der Waals surface area contributed by atoms with Gasteiger partial charge in [0.25, 0.3) is 5.91 Å². The zero-order valence-corrected chi connectivity index (χ0v) is 20.5. The summed E-state index contributed by atoms with van der Waals surface area (Å²) in [5, 5.41) is 1.23. The zero-order chi connectivity index (χ0) is 23.7. The lowest BCUT2D eigenvalue weighted by atomic mass is 9.77. The van der Waals surface area contributed by atoms with Gasteiger partial charge in [-0.15, -0.1) is 0 Å². The number of unbranched alkanes of at least 4 members (excludes halogenated alkanes) is 1. The van der Waals surface area contributed by atoms with E-state index in [1.54, 1.807) is 11.5 Å². The van der Waals surface area contributed by atoms with Gasteiger partial charge in [0.15, 0.2) is 0 Å². The number of likely N-dealkylation sites (tertiary alicyclic amines) is 1. The summed E-state index contributed by atoms with van der Waals surface area (Å²) in [4.78, 5) is 44.0. The summed E-state index contributed by atoms with van der Waals surface area (Å²) in [6, 6.07) is 8.37. The second-order valence-electron chi connectivity index (χ2n) is 9.61. The topological polar surface area (TPSA) is 83.1 Å². The largest absolute Gasteiger partial charge is 0.448 e. The number of aromatic nitrogens is 1. The molecule has 2 amide bonds. The van der Waals surface area contributed by atoms with E-state index in [2.05, 4.69) is 38.4 Å². The number of esters is 1. The van der Waals surface area contributed by atoms with Gasteiger partial charge < -0.3 is 9.64 Å². The molecule has 2 atom stereocenters. The van der Waals surface area contributed by atoms with E-state index in [4.69, 9.17) is 4.74 Å². The molecule has 1 aromatic carbocycles. The molecule has 0 spiro atoms. The first-order valence-electron chi connectivity index (χ1n) is 12.4. The van der Waals surface area contributed by atoms with Gasteiger partial charge in [0, 0.05) is 45.0 Å². The van der Waals surface area contributed by atoms with E-state index in [-0.39, 0.29) is 11.8 Å². The monoisotopic (exact) mass is 484 g/mol. The lowest BCUT2D eigenvalue weighted by molar-refractivity contribution is -0.173. The molecule has 1 aromatic heterocycles. The molecule has 182 valence electrons. The van der Waals surface area contributed by atoms with E-state index >= 15 is 0 Å². The molecule has 3 heterocycles. The molecular formula is C25H32N4O4S. The average Bonchev–Trinajstić information content (AvgIpc) is 3.35. The van der Waals surface area contributed by atoms with Crippen LogP contribution in [0.1, 0.15) is 45.4 Å². The third-order valence-corrected chi connectivity index (χ3v) is 8.30. The number of benzene rings is 1. The fourth-order valence-corrected chi connectivity index (χ4v) is 6.56. The highest BCUT2D eigenvalue weighted by molar-refractivity contribution is 7.13. The molecule has 1 saturated carbocycles. The van der Waals surface area contributed by atoms with E-state index in [1.807, 2.05) is 0 Å². The Bertz CT molecular complexity index is 1080. The van der Waals surface area contributed by atoms with Crippen molar-refractivity contribution >= 4 is 45.2 Å². The predicted molar refractivity (Wildman–Crippen MR) is 131 cm³/mol. The van der Waals surface area contributed by atoms with Gasteiger partial charge >= 0.3 is 5.97 Å². The van der Waals surface area contributed by atoms with Gasteiger partial charge in [0.2, 0.25) is 11.5 Å². The fraction of sp³-hybridized carbons (Fsp3) is 0.600. The van der Waals surface area contributed by atoms with Gasteiger partial charge in [-0.25, -0.2) is 0 Å². The van der Waals surface area contributed by atoms with Gasteiger partial charge in [0.1, 0.15) is 5.82 Å². The maximum atomic E-state index is 13.2. The van der Waals surface area contributed by atoms with Crippen molar-refractivity contribution in [2.75, 3.05) is 44.2 Å². The summed E-state index contributed by atoms with van der Waals surface area (Å²) < 4.78 is 11.4. The number of hydrogen-bond donors (Lipinski definition) is 0. The van der Waals surface area contributed by atoms with Gasteiger partial charge in [0.05, 0.1) is 10.6 Å². The minimum Gasteiger partial charge on any atom is -0.448 e. The number of ether oxygens (including phenoxy) is 1. The van der Waals surface area contributed by atoms with Gasteiger partial charge in [-0.05, 0) is 62.3 Å².